The van der Waals surface area contributed by atoms with E-state index < -0.39 is 5.82 Å². The Bertz CT molecular complexity index is 2010. The summed E-state index contributed by atoms with van der Waals surface area (Å²) in [6, 6.07) is 18.5. The van der Waals surface area contributed by atoms with Crippen LogP contribution in [0.25, 0.3) is 16.6 Å². The highest BCUT2D eigenvalue weighted by atomic mass is 19.1. The number of aryl methyl sites for hydroxylation is 1. The van der Waals surface area contributed by atoms with E-state index in [4.69, 9.17) is 19.9 Å². The first-order chi connectivity index (χ1) is 24.4. The number of rotatable bonds is 8. The number of halogens is 1. The molecular weight excluding hydrogens is 637 g/mol. The standard InChI is InChI=1S/C38H42FN7O4/c1-25-20-28(50-36-5-3-2-4-30(36)39)6-7-33(25)46-38(40)29(24-41-46)37(47)32-21-26-22-34(45-14-18-49-19-15-45)35(23-31(26)42-32)44-10-8-27(9-11-44)43-12-16-48-17-13-43/h2-7,20-24,27,42H,8-19,40H2,1H3. The van der Waals surface area contributed by atoms with Gasteiger partial charge in [-0.3, -0.25) is 9.69 Å². The van der Waals surface area contributed by atoms with Crippen LogP contribution in [-0.2, 0) is 9.47 Å². The molecule has 260 valence electrons. The number of H-pyrrole nitrogens is 1. The Hall–Kier alpha value is -4.91. The van der Waals surface area contributed by atoms with Crippen molar-refractivity contribution in [2.45, 2.75) is 25.8 Å². The lowest BCUT2D eigenvalue weighted by atomic mass is 10.0. The number of hydrogen-bond donors (Lipinski definition) is 2. The molecule has 0 bridgehead atoms. The van der Waals surface area contributed by atoms with Gasteiger partial charge in [-0.05, 0) is 73.9 Å². The van der Waals surface area contributed by atoms with E-state index in [1.54, 1.807) is 41.1 Å². The summed E-state index contributed by atoms with van der Waals surface area (Å²) in [7, 11) is 0. The Kier molecular flexibility index (Phi) is 8.90. The van der Waals surface area contributed by atoms with Crippen molar-refractivity contribution in [3.05, 3.63) is 89.5 Å². The normalized spacial score (nSPS) is 17.8. The summed E-state index contributed by atoms with van der Waals surface area (Å²) in [4.78, 5) is 24.8. The van der Waals surface area contributed by atoms with Gasteiger partial charge in [0.2, 0.25) is 5.78 Å². The number of para-hydroxylation sites is 1. The highest BCUT2D eigenvalue weighted by Crippen LogP contribution is 2.37. The van der Waals surface area contributed by atoms with Crippen molar-refractivity contribution in [1.29, 1.82) is 0 Å². The van der Waals surface area contributed by atoms with E-state index in [-0.39, 0.29) is 17.4 Å². The minimum Gasteiger partial charge on any atom is -0.454 e. The first-order valence-electron chi connectivity index (χ1n) is 17.4. The van der Waals surface area contributed by atoms with Crippen LogP contribution in [0.5, 0.6) is 11.5 Å². The van der Waals surface area contributed by atoms with Gasteiger partial charge >= 0.3 is 0 Å². The van der Waals surface area contributed by atoms with E-state index >= 15 is 0 Å². The van der Waals surface area contributed by atoms with Gasteiger partial charge < -0.3 is 34.7 Å². The average Bonchev–Trinajstić information content (AvgIpc) is 3.75. The number of hydrogen-bond acceptors (Lipinski definition) is 9. The first-order valence-corrected chi connectivity index (χ1v) is 17.4. The van der Waals surface area contributed by atoms with Crippen LogP contribution >= 0.6 is 0 Å². The topological polar surface area (TPSA) is 114 Å². The fourth-order valence-electron chi connectivity index (χ4n) is 7.46. The third-order valence-corrected chi connectivity index (χ3v) is 10.2. The lowest BCUT2D eigenvalue weighted by Crippen LogP contribution is -2.49. The lowest BCUT2D eigenvalue weighted by molar-refractivity contribution is 0.0115. The van der Waals surface area contributed by atoms with E-state index in [1.165, 1.54) is 23.6 Å². The minimum absolute atomic E-state index is 0.141. The van der Waals surface area contributed by atoms with E-state index in [0.717, 1.165) is 81.8 Å². The van der Waals surface area contributed by atoms with Crippen molar-refractivity contribution in [3.8, 4) is 17.2 Å². The summed E-state index contributed by atoms with van der Waals surface area (Å²) in [6.07, 6.45) is 3.73. The van der Waals surface area contributed by atoms with Crippen LogP contribution < -0.4 is 20.3 Å². The molecule has 3 aromatic carbocycles. The molecule has 5 heterocycles. The van der Waals surface area contributed by atoms with E-state index in [2.05, 4.69) is 36.9 Å². The molecule has 2 aromatic heterocycles. The number of ether oxygens (including phenoxy) is 3. The molecule has 5 aromatic rings. The highest BCUT2D eigenvalue weighted by Gasteiger charge is 2.29. The Morgan fingerprint density at radius 2 is 1.58 bits per heavy atom. The molecule has 0 unspecified atom stereocenters. The molecule has 0 amide bonds. The minimum atomic E-state index is -0.441. The predicted molar refractivity (Wildman–Crippen MR) is 192 cm³/mol. The second kappa shape index (κ2) is 13.8. The van der Waals surface area contributed by atoms with Gasteiger partial charge in [-0.2, -0.15) is 5.10 Å². The zero-order chi connectivity index (χ0) is 34.2. The molecule has 3 N–H and O–H groups in total. The largest absolute Gasteiger partial charge is 0.454 e. The molecule has 0 radical (unpaired) electrons. The number of aromatic amines is 1. The van der Waals surface area contributed by atoms with Gasteiger partial charge in [0.15, 0.2) is 11.6 Å². The van der Waals surface area contributed by atoms with Crippen LogP contribution in [-0.4, -0.2) is 97.2 Å². The van der Waals surface area contributed by atoms with Gasteiger partial charge in [-0.15, -0.1) is 0 Å². The molecule has 12 heteroatoms. The molecule has 0 atom stereocenters. The molecule has 3 saturated heterocycles. The number of aromatic nitrogens is 3. The van der Waals surface area contributed by atoms with Crippen molar-refractivity contribution < 1.29 is 23.4 Å². The van der Waals surface area contributed by atoms with E-state index in [1.807, 2.05) is 13.0 Å². The number of ketones is 1. The number of carbonyl (C=O) groups is 1. The fraction of sp³-hybridized carbons (Fsp3) is 0.368. The van der Waals surface area contributed by atoms with Gasteiger partial charge in [0, 0.05) is 56.2 Å². The zero-order valence-electron chi connectivity index (χ0n) is 28.2. The second-order valence-electron chi connectivity index (χ2n) is 13.2. The third-order valence-electron chi connectivity index (χ3n) is 10.2. The number of piperidine rings is 1. The molecule has 3 aliphatic rings. The highest BCUT2D eigenvalue weighted by molar-refractivity contribution is 6.13. The van der Waals surface area contributed by atoms with Crippen LogP contribution in [0.15, 0.2) is 66.9 Å². The second-order valence-corrected chi connectivity index (χ2v) is 13.2. The van der Waals surface area contributed by atoms with Crippen molar-refractivity contribution in [1.82, 2.24) is 19.7 Å². The third kappa shape index (κ3) is 6.30. The summed E-state index contributed by atoms with van der Waals surface area (Å²) in [5, 5.41) is 5.45. The molecular formula is C38H42FN7O4. The van der Waals surface area contributed by atoms with Gasteiger partial charge in [0.25, 0.3) is 0 Å². The van der Waals surface area contributed by atoms with E-state index in [0.29, 0.717) is 41.9 Å². The number of morpholine rings is 2. The molecule has 11 nitrogen and oxygen atoms in total. The van der Waals surface area contributed by atoms with Crippen LogP contribution in [0.3, 0.4) is 0 Å². The molecule has 0 aliphatic carbocycles. The Morgan fingerprint density at radius 3 is 2.32 bits per heavy atom. The summed E-state index contributed by atoms with van der Waals surface area (Å²) < 4.78 is 32.7. The number of nitrogen functional groups attached to an aromatic ring is 1. The number of carbonyl (C=O) groups excluding carboxylic acids is 1. The SMILES string of the molecule is Cc1cc(Oc2ccccc2F)ccc1-n1ncc(C(=O)c2cc3cc(N4CCOCC4)c(N4CCC(N5CCOCC5)CC4)cc3[nH]2)c1N. The van der Waals surface area contributed by atoms with Gasteiger partial charge in [0.1, 0.15) is 11.6 Å². The molecule has 0 saturated carbocycles. The molecule has 0 spiro atoms. The summed E-state index contributed by atoms with van der Waals surface area (Å²) >= 11 is 0. The molecule has 3 fully saturated rings. The van der Waals surface area contributed by atoms with Crippen LogP contribution in [0.2, 0.25) is 0 Å². The predicted octanol–water partition coefficient (Wildman–Crippen LogP) is 5.54. The zero-order valence-corrected chi connectivity index (χ0v) is 28.2. The fourth-order valence-corrected chi connectivity index (χ4v) is 7.46. The van der Waals surface area contributed by atoms with Crippen molar-refractivity contribution in [3.63, 3.8) is 0 Å². The maximum atomic E-state index is 14.1. The Morgan fingerprint density at radius 1 is 0.880 bits per heavy atom. The number of nitrogens with zero attached hydrogens (tertiary/aromatic N) is 5. The monoisotopic (exact) mass is 679 g/mol. The first kappa shape index (κ1) is 32.3. The van der Waals surface area contributed by atoms with Crippen molar-refractivity contribution in [2.75, 3.05) is 81.2 Å². The summed E-state index contributed by atoms with van der Waals surface area (Å²) in [6.45, 7) is 10.5. The number of fused-ring (bicyclic) bond motifs is 1. The maximum absolute atomic E-state index is 14.1. The van der Waals surface area contributed by atoms with E-state index in [9.17, 15) is 9.18 Å². The maximum Gasteiger partial charge on any atom is 0.214 e. The average molecular weight is 680 g/mol. The Labute approximate surface area is 290 Å². The van der Waals surface area contributed by atoms with Gasteiger partial charge in [0.05, 0.1) is 60.9 Å². The molecule has 8 rings (SSSR count). The molecule has 50 heavy (non-hydrogen) atoms. The van der Waals surface area contributed by atoms with Gasteiger partial charge in [-0.25, -0.2) is 9.07 Å². The summed E-state index contributed by atoms with van der Waals surface area (Å²) in [5.41, 5.74) is 12.1. The summed E-state index contributed by atoms with van der Waals surface area (Å²) in [5.74, 6) is 0.180. The number of nitrogens with two attached hydrogens (primary N) is 1. The molecule has 3 aliphatic heterocycles. The quantitative estimate of drug-likeness (QED) is 0.204. The van der Waals surface area contributed by atoms with Crippen LogP contribution in [0.1, 0.15) is 34.5 Å². The lowest BCUT2D eigenvalue weighted by Gasteiger charge is -2.42. The van der Waals surface area contributed by atoms with Gasteiger partial charge in [-0.1, -0.05) is 12.1 Å². The van der Waals surface area contributed by atoms with Crippen molar-refractivity contribution >= 4 is 33.9 Å². The number of nitrogens with one attached hydrogen (secondary N) is 1. The smallest absolute Gasteiger partial charge is 0.214 e. The number of benzene rings is 3. The van der Waals surface area contributed by atoms with Crippen LogP contribution in [0.4, 0.5) is 21.6 Å². The van der Waals surface area contributed by atoms with Crippen molar-refractivity contribution in [2.24, 2.45) is 0 Å². The Balaban J connectivity index is 1.05. The van der Waals surface area contributed by atoms with Crippen LogP contribution in [0, 0.1) is 12.7 Å². The number of anilines is 3.